The van der Waals surface area contributed by atoms with Crippen molar-refractivity contribution in [3.05, 3.63) is 24.2 Å². The highest BCUT2D eigenvalue weighted by Crippen LogP contribution is 2.17. The molecule has 1 aromatic heterocycles. The van der Waals surface area contributed by atoms with Crippen LogP contribution < -0.4 is 5.32 Å². The first kappa shape index (κ1) is 12.7. The van der Waals surface area contributed by atoms with E-state index in [1.807, 2.05) is 23.9 Å². The summed E-state index contributed by atoms with van der Waals surface area (Å²) in [5.74, 6) is 2.02. The minimum absolute atomic E-state index is 0.208. The standard InChI is InChI=1S/C12H21NOS/c1-10(8-13-12(2,3)4)15-9-11-6-5-7-14-11/h5-7,10,13H,8-9H2,1-4H3. The Bertz CT molecular complexity index is 264. The average Bonchev–Trinajstić information content (AvgIpc) is 2.62. The molecule has 0 aliphatic rings. The monoisotopic (exact) mass is 227 g/mol. The van der Waals surface area contributed by atoms with Crippen molar-refractivity contribution < 1.29 is 4.42 Å². The van der Waals surface area contributed by atoms with Crippen LogP contribution in [-0.4, -0.2) is 17.3 Å². The fourth-order valence-corrected chi connectivity index (χ4v) is 1.94. The Morgan fingerprint density at radius 1 is 1.47 bits per heavy atom. The lowest BCUT2D eigenvalue weighted by Gasteiger charge is -2.23. The van der Waals surface area contributed by atoms with Gasteiger partial charge in [0.1, 0.15) is 5.76 Å². The zero-order chi connectivity index (χ0) is 11.3. The van der Waals surface area contributed by atoms with Crippen LogP contribution in [0.15, 0.2) is 22.8 Å². The molecular weight excluding hydrogens is 206 g/mol. The SMILES string of the molecule is CC(CNC(C)(C)C)SCc1ccco1. The maximum atomic E-state index is 5.29. The first-order chi connectivity index (χ1) is 6.97. The predicted molar refractivity (Wildman–Crippen MR) is 67.2 cm³/mol. The van der Waals surface area contributed by atoms with Crippen LogP contribution in [0, 0.1) is 0 Å². The molecule has 1 aromatic rings. The minimum Gasteiger partial charge on any atom is -0.468 e. The summed E-state index contributed by atoms with van der Waals surface area (Å²) < 4.78 is 5.29. The molecule has 0 fully saturated rings. The third kappa shape index (κ3) is 5.90. The van der Waals surface area contributed by atoms with E-state index in [1.54, 1.807) is 6.26 Å². The Morgan fingerprint density at radius 3 is 2.73 bits per heavy atom. The van der Waals surface area contributed by atoms with E-state index in [0.717, 1.165) is 18.1 Å². The number of hydrogen-bond acceptors (Lipinski definition) is 3. The second-order valence-electron chi connectivity index (χ2n) is 4.83. The first-order valence-corrected chi connectivity index (χ1v) is 6.41. The van der Waals surface area contributed by atoms with Crippen molar-refractivity contribution in [3.63, 3.8) is 0 Å². The van der Waals surface area contributed by atoms with Gasteiger partial charge in [-0.25, -0.2) is 0 Å². The normalized spacial score (nSPS) is 14.1. The van der Waals surface area contributed by atoms with Gasteiger partial charge in [0.05, 0.1) is 12.0 Å². The summed E-state index contributed by atoms with van der Waals surface area (Å²) >= 11 is 1.92. The van der Waals surface area contributed by atoms with Gasteiger partial charge in [-0.2, -0.15) is 0 Å². The summed E-state index contributed by atoms with van der Waals surface area (Å²) in [6, 6.07) is 3.96. The third-order valence-corrected chi connectivity index (χ3v) is 3.20. The van der Waals surface area contributed by atoms with Gasteiger partial charge in [-0.1, -0.05) is 6.92 Å². The van der Waals surface area contributed by atoms with Crippen LogP contribution in [0.1, 0.15) is 33.5 Å². The van der Waals surface area contributed by atoms with E-state index in [0.29, 0.717) is 5.25 Å². The Labute approximate surface area is 96.8 Å². The van der Waals surface area contributed by atoms with Crippen LogP contribution in [0.25, 0.3) is 0 Å². The molecule has 1 N–H and O–H groups in total. The fourth-order valence-electron chi connectivity index (χ4n) is 1.13. The lowest BCUT2D eigenvalue weighted by atomic mass is 10.1. The van der Waals surface area contributed by atoms with Gasteiger partial charge in [0.15, 0.2) is 0 Å². The van der Waals surface area contributed by atoms with Crippen molar-refractivity contribution in [2.75, 3.05) is 6.54 Å². The van der Waals surface area contributed by atoms with Gasteiger partial charge in [-0.3, -0.25) is 0 Å². The van der Waals surface area contributed by atoms with Gasteiger partial charge >= 0.3 is 0 Å². The molecule has 1 atom stereocenters. The van der Waals surface area contributed by atoms with Crippen molar-refractivity contribution in [2.24, 2.45) is 0 Å². The molecule has 1 unspecified atom stereocenters. The zero-order valence-corrected chi connectivity index (χ0v) is 10.9. The maximum absolute atomic E-state index is 5.29. The van der Waals surface area contributed by atoms with E-state index < -0.39 is 0 Å². The van der Waals surface area contributed by atoms with E-state index in [4.69, 9.17) is 4.42 Å². The molecule has 0 saturated carbocycles. The molecule has 0 amide bonds. The van der Waals surface area contributed by atoms with Crippen molar-refractivity contribution in [1.82, 2.24) is 5.32 Å². The third-order valence-electron chi connectivity index (χ3n) is 2.01. The van der Waals surface area contributed by atoms with Crippen LogP contribution in [0.5, 0.6) is 0 Å². The second kappa shape index (κ2) is 5.61. The Morgan fingerprint density at radius 2 is 2.20 bits per heavy atom. The number of furan rings is 1. The number of nitrogens with one attached hydrogen (secondary N) is 1. The molecule has 3 heteroatoms. The maximum Gasteiger partial charge on any atom is 0.113 e. The highest BCUT2D eigenvalue weighted by molar-refractivity contribution is 7.99. The van der Waals surface area contributed by atoms with Gasteiger partial charge in [0.25, 0.3) is 0 Å². The first-order valence-electron chi connectivity index (χ1n) is 5.36. The topological polar surface area (TPSA) is 25.2 Å². The van der Waals surface area contributed by atoms with E-state index >= 15 is 0 Å². The lowest BCUT2D eigenvalue weighted by Crippen LogP contribution is -2.39. The summed E-state index contributed by atoms with van der Waals surface area (Å²) in [5.41, 5.74) is 0.208. The zero-order valence-electron chi connectivity index (χ0n) is 10.0. The molecule has 0 spiro atoms. The van der Waals surface area contributed by atoms with E-state index in [1.165, 1.54) is 0 Å². The average molecular weight is 227 g/mol. The van der Waals surface area contributed by atoms with Gasteiger partial charge in [0.2, 0.25) is 0 Å². The fraction of sp³-hybridized carbons (Fsp3) is 0.667. The molecule has 0 aromatic carbocycles. The van der Waals surface area contributed by atoms with Crippen LogP contribution >= 0.6 is 11.8 Å². The van der Waals surface area contributed by atoms with Crippen molar-refractivity contribution >= 4 is 11.8 Å². The molecule has 1 rings (SSSR count). The molecule has 0 radical (unpaired) electrons. The molecule has 0 bridgehead atoms. The number of hydrogen-bond donors (Lipinski definition) is 1. The number of thioether (sulfide) groups is 1. The van der Waals surface area contributed by atoms with Gasteiger partial charge in [0, 0.05) is 17.3 Å². The summed E-state index contributed by atoms with van der Waals surface area (Å²) in [6.45, 7) is 9.85. The second-order valence-corrected chi connectivity index (χ2v) is 6.26. The smallest absolute Gasteiger partial charge is 0.113 e. The van der Waals surface area contributed by atoms with E-state index in [-0.39, 0.29) is 5.54 Å². The van der Waals surface area contributed by atoms with Crippen molar-refractivity contribution in [3.8, 4) is 0 Å². The molecule has 0 saturated heterocycles. The largest absolute Gasteiger partial charge is 0.468 e. The van der Waals surface area contributed by atoms with Crippen LogP contribution in [0.2, 0.25) is 0 Å². The molecule has 2 nitrogen and oxygen atoms in total. The molecular formula is C12H21NOS. The summed E-state index contributed by atoms with van der Waals surface area (Å²) in [7, 11) is 0. The minimum atomic E-state index is 0.208. The van der Waals surface area contributed by atoms with Crippen molar-refractivity contribution in [1.29, 1.82) is 0 Å². The van der Waals surface area contributed by atoms with Crippen LogP contribution in [0.3, 0.4) is 0 Å². The summed E-state index contributed by atoms with van der Waals surface area (Å²) in [5, 5.41) is 4.11. The predicted octanol–water partition coefficient (Wildman–Crippen LogP) is 3.29. The summed E-state index contributed by atoms with van der Waals surface area (Å²) in [6.07, 6.45) is 1.73. The number of rotatable bonds is 5. The highest BCUT2D eigenvalue weighted by Gasteiger charge is 2.11. The lowest BCUT2D eigenvalue weighted by molar-refractivity contribution is 0.429. The van der Waals surface area contributed by atoms with Crippen LogP contribution in [-0.2, 0) is 5.75 Å². The Balaban J connectivity index is 2.16. The molecule has 0 aliphatic carbocycles. The quantitative estimate of drug-likeness (QED) is 0.835. The highest BCUT2D eigenvalue weighted by atomic mass is 32.2. The van der Waals surface area contributed by atoms with E-state index in [2.05, 4.69) is 33.0 Å². The molecule has 0 aliphatic heterocycles. The van der Waals surface area contributed by atoms with Gasteiger partial charge < -0.3 is 9.73 Å². The Kier molecular flexibility index (Phi) is 4.74. The van der Waals surface area contributed by atoms with E-state index in [9.17, 15) is 0 Å². The van der Waals surface area contributed by atoms with Crippen LogP contribution in [0.4, 0.5) is 0 Å². The Hall–Kier alpha value is -0.410. The molecule has 15 heavy (non-hydrogen) atoms. The molecule has 86 valence electrons. The van der Waals surface area contributed by atoms with Gasteiger partial charge in [-0.15, -0.1) is 11.8 Å². The molecule has 1 heterocycles. The van der Waals surface area contributed by atoms with Crippen molar-refractivity contribution in [2.45, 2.75) is 44.2 Å². The van der Waals surface area contributed by atoms with Gasteiger partial charge in [-0.05, 0) is 32.9 Å². The summed E-state index contributed by atoms with van der Waals surface area (Å²) in [4.78, 5) is 0.